The van der Waals surface area contributed by atoms with Crippen LogP contribution >= 0.6 is 0 Å². The number of hydrogen-bond acceptors (Lipinski definition) is 7. The predicted octanol–water partition coefficient (Wildman–Crippen LogP) is 0.0926. The maximum absolute atomic E-state index is 11.3. The third-order valence-corrected chi connectivity index (χ3v) is 3.47. The fraction of sp³-hybridized carbons (Fsp3) is 0.833. The van der Waals surface area contributed by atoms with E-state index in [1.54, 1.807) is 0 Å². The Labute approximate surface area is 113 Å². The fourth-order valence-electron chi connectivity index (χ4n) is 2.36. The van der Waals surface area contributed by atoms with E-state index in [0.717, 1.165) is 32.5 Å². The zero-order chi connectivity index (χ0) is 14.1. The van der Waals surface area contributed by atoms with Crippen LogP contribution in [0.2, 0.25) is 0 Å². The van der Waals surface area contributed by atoms with Crippen molar-refractivity contribution < 1.29 is 19.3 Å². The summed E-state index contributed by atoms with van der Waals surface area (Å²) in [6.07, 6.45) is 5.81. The number of hydrogen-bond donors (Lipinski definition) is 2. The highest BCUT2D eigenvalue weighted by Crippen LogP contribution is 2.14. The SMILES string of the molecule is NOC(=O)C(CCCCN1CCCCC1)C(=O)ON. The Hall–Kier alpha value is -1.18. The van der Waals surface area contributed by atoms with E-state index in [1.807, 2.05) is 0 Å². The van der Waals surface area contributed by atoms with Crippen LogP contribution in [-0.4, -0.2) is 36.5 Å². The van der Waals surface area contributed by atoms with Crippen LogP contribution in [0.5, 0.6) is 0 Å². The molecule has 19 heavy (non-hydrogen) atoms. The molecule has 0 spiro atoms. The minimum Gasteiger partial charge on any atom is -0.373 e. The van der Waals surface area contributed by atoms with Crippen LogP contribution in [0.4, 0.5) is 0 Å². The molecule has 1 saturated heterocycles. The van der Waals surface area contributed by atoms with Gasteiger partial charge < -0.3 is 14.6 Å². The normalized spacial score (nSPS) is 16.4. The van der Waals surface area contributed by atoms with Crippen LogP contribution in [0, 0.1) is 5.92 Å². The van der Waals surface area contributed by atoms with Crippen molar-refractivity contribution in [3.05, 3.63) is 0 Å². The van der Waals surface area contributed by atoms with Gasteiger partial charge in [-0.25, -0.2) is 9.59 Å². The molecule has 7 heteroatoms. The summed E-state index contributed by atoms with van der Waals surface area (Å²) >= 11 is 0. The molecule has 0 radical (unpaired) electrons. The van der Waals surface area contributed by atoms with Crippen molar-refractivity contribution in [3.63, 3.8) is 0 Å². The highest BCUT2D eigenvalue weighted by molar-refractivity contribution is 5.94. The first-order valence-corrected chi connectivity index (χ1v) is 6.72. The number of carbonyl (C=O) groups excluding carboxylic acids is 2. The first-order chi connectivity index (χ1) is 9.19. The lowest BCUT2D eigenvalue weighted by atomic mass is 10.0. The van der Waals surface area contributed by atoms with Crippen LogP contribution < -0.4 is 11.8 Å². The van der Waals surface area contributed by atoms with Gasteiger partial charge in [0.1, 0.15) is 0 Å². The average molecular weight is 273 g/mol. The van der Waals surface area contributed by atoms with E-state index in [-0.39, 0.29) is 0 Å². The summed E-state index contributed by atoms with van der Waals surface area (Å²) in [5.41, 5.74) is 0. The van der Waals surface area contributed by atoms with E-state index in [9.17, 15) is 9.59 Å². The third-order valence-electron chi connectivity index (χ3n) is 3.47. The molecule has 0 amide bonds. The average Bonchev–Trinajstić information content (AvgIpc) is 2.47. The Bertz CT molecular complexity index is 277. The Morgan fingerprint density at radius 2 is 1.58 bits per heavy atom. The zero-order valence-electron chi connectivity index (χ0n) is 11.2. The molecular weight excluding hydrogens is 250 g/mol. The van der Waals surface area contributed by atoms with Gasteiger partial charge in [0, 0.05) is 0 Å². The van der Waals surface area contributed by atoms with Gasteiger partial charge in [-0.15, -0.1) is 0 Å². The van der Waals surface area contributed by atoms with Crippen LogP contribution in [0.3, 0.4) is 0 Å². The molecule has 0 unspecified atom stereocenters. The molecule has 0 aliphatic carbocycles. The molecule has 0 bridgehead atoms. The Balaban J connectivity index is 2.23. The molecule has 0 saturated carbocycles. The molecule has 1 aliphatic rings. The third kappa shape index (κ3) is 5.54. The highest BCUT2D eigenvalue weighted by Gasteiger charge is 2.29. The van der Waals surface area contributed by atoms with Crippen molar-refractivity contribution >= 4 is 11.9 Å². The Morgan fingerprint density at radius 3 is 2.11 bits per heavy atom. The lowest BCUT2D eigenvalue weighted by molar-refractivity contribution is -0.163. The number of piperidine rings is 1. The van der Waals surface area contributed by atoms with Crippen LogP contribution in [-0.2, 0) is 19.3 Å². The van der Waals surface area contributed by atoms with Crippen LogP contribution in [0.15, 0.2) is 0 Å². The van der Waals surface area contributed by atoms with Gasteiger partial charge in [-0.2, -0.15) is 11.8 Å². The van der Waals surface area contributed by atoms with Crippen molar-refractivity contribution in [3.8, 4) is 0 Å². The quantitative estimate of drug-likeness (QED) is 0.384. The monoisotopic (exact) mass is 273 g/mol. The number of carbonyl (C=O) groups is 2. The van der Waals surface area contributed by atoms with Crippen molar-refractivity contribution in [2.75, 3.05) is 19.6 Å². The van der Waals surface area contributed by atoms with E-state index >= 15 is 0 Å². The Kier molecular flexibility index (Phi) is 7.39. The summed E-state index contributed by atoms with van der Waals surface area (Å²) in [7, 11) is 0. The van der Waals surface area contributed by atoms with Gasteiger partial charge in [0.25, 0.3) is 0 Å². The van der Waals surface area contributed by atoms with Gasteiger partial charge in [0.05, 0.1) is 0 Å². The van der Waals surface area contributed by atoms with Gasteiger partial charge in [0.15, 0.2) is 5.92 Å². The second-order valence-electron chi connectivity index (χ2n) is 4.82. The van der Waals surface area contributed by atoms with Crippen molar-refractivity contribution in [2.24, 2.45) is 17.7 Å². The number of rotatable bonds is 7. The first-order valence-electron chi connectivity index (χ1n) is 6.72. The standard InChI is InChI=1S/C12H23N3O4/c13-18-11(16)10(12(17)19-14)6-2-5-9-15-7-3-1-4-8-15/h10H,1-9,13-14H2. The van der Waals surface area contributed by atoms with Gasteiger partial charge in [0.2, 0.25) is 0 Å². The van der Waals surface area contributed by atoms with Crippen molar-refractivity contribution in [1.82, 2.24) is 4.90 Å². The van der Waals surface area contributed by atoms with Crippen LogP contribution in [0.1, 0.15) is 38.5 Å². The lowest BCUT2D eigenvalue weighted by Crippen LogP contribution is -2.32. The molecule has 0 aromatic carbocycles. The lowest BCUT2D eigenvalue weighted by Gasteiger charge is -2.26. The van der Waals surface area contributed by atoms with E-state index < -0.39 is 17.9 Å². The summed E-state index contributed by atoms with van der Waals surface area (Å²) in [5.74, 6) is 6.95. The molecule has 1 aliphatic heterocycles. The minimum atomic E-state index is -1.02. The van der Waals surface area contributed by atoms with Crippen molar-refractivity contribution in [2.45, 2.75) is 38.5 Å². The summed E-state index contributed by atoms with van der Waals surface area (Å²) < 4.78 is 0. The zero-order valence-corrected chi connectivity index (χ0v) is 11.2. The molecular formula is C12H23N3O4. The molecule has 0 atom stereocenters. The number of nitrogens with two attached hydrogens (primary N) is 2. The minimum absolute atomic E-state index is 0.347. The summed E-state index contributed by atoms with van der Waals surface area (Å²) in [6, 6.07) is 0. The fourth-order valence-corrected chi connectivity index (χ4v) is 2.36. The van der Waals surface area contributed by atoms with Gasteiger partial charge in [-0.1, -0.05) is 12.8 Å². The van der Waals surface area contributed by atoms with Crippen molar-refractivity contribution in [1.29, 1.82) is 0 Å². The van der Waals surface area contributed by atoms with Gasteiger partial charge in [-0.3, -0.25) is 0 Å². The molecule has 7 nitrogen and oxygen atoms in total. The highest BCUT2D eigenvalue weighted by atomic mass is 16.7. The summed E-state index contributed by atoms with van der Waals surface area (Å²) in [5, 5.41) is 0. The smallest absolute Gasteiger partial charge is 0.338 e. The molecule has 0 aromatic rings. The largest absolute Gasteiger partial charge is 0.373 e. The number of nitrogens with zero attached hydrogens (tertiary/aromatic N) is 1. The molecule has 4 N–H and O–H groups in total. The second-order valence-corrected chi connectivity index (χ2v) is 4.82. The van der Waals surface area contributed by atoms with Gasteiger partial charge >= 0.3 is 11.9 Å². The van der Waals surface area contributed by atoms with E-state index in [1.165, 1.54) is 19.3 Å². The summed E-state index contributed by atoms with van der Waals surface area (Å²) in [6.45, 7) is 3.26. The number of unbranched alkanes of at least 4 members (excludes halogenated alkanes) is 1. The van der Waals surface area contributed by atoms with E-state index in [4.69, 9.17) is 11.8 Å². The van der Waals surface area contributed by atoms with Crippen LogP contribution in [0.25, 0.3) is 0 Å². The molecule has 1 rings (SSSR count). The molecule has 1 fully saturated rings. The molecule has 1 heterocycles. The maximum Gasteiger partial charge on any atom is 0.338 e. The molecule has 110 valence electrons. The predicted molar refractivity (Wildman–Crippen MR) is 68.2 cm³/mol. The summed E-state index contributed by atoms with van der Waals surface area (Å²) in [4.78, 5) is 33.1. The number of likely N-dealkylation sites (tertiary alicyclic amines) is 1. The second kappa shape index (κ2) is 8.84. The molecule has 0 aromatic heterocycles. The topological polar surface area (TPSA) is 108 Å². The van der Waals surface area contributed by atoms with E-state index in [2.05, 4.69) is 14.6 Å². The van der Waals surface area contributed by atoms with E-state index in [0.29, 0.717) is 6.42 Å². The maximum atomic E-state index is 11.3. The van der Waals surface area contributed by atoms with Gasteiger partial charge in [-0.05, 0) is 45.3 Å². The first kappa shape index (κ1) is 15.9. The Morgan fingerprint density at radius 1 is 1.00 bits per heavy atom.